The van der Waals surface area contributed by atoms with E-state index in [4.69, 9.17) is 0 Å². The van der Waals surface area contributed by atoms with Gasteiger partial charge in [0, 0.05) is 13.0 Å². The number of halogens is 17. The first-order chi connectivity index (χ1) is 15.6. The number of alkyl halides is 17. The second-order valence-corrected chi connectivity index (χ2v) is 7.87. The molecule has 1 unspecified atom stereocenters. The molecule has 2 N–H and O–H groups in total. The standard InChI is InChI=1S/C16H19F17N2O/c1-35(2)5-3-4-34-7-8(36)6-9(17,18)10(19,20)11(21,22)12(23,24)13(25,26)14(27,28)15(29,30)16(31,32)33/h8,34,36H,3-7H2,1-2H3. The van der Waals surface area contributed by atoms with Crippen molar-refractivity contribution < 1.29 is 79.7 Å². The molecule has 20 heteroatoms. The summed E-state index contributed by atoms with van der Waals surface area (Å²) in [5.74, 6) is -56.7. The summed E-state index contributed by atoms with van der Waals surface area (Å²) in [6.07, 6.45) is -13.2. The lowest BCUT2D eigenvalue weighted by atomic mass is 9.87. The van der Waals surface area contributed by atoms with Crippen molar-refractivity contribution in [1.29, 1.82) is 0 Å². The molecule has 218 valence electrons. The Morgan fingerprint density at radius 2 is 0.972 bits per heavy atom. The van der Waals surface area contributed by atoms with Gasteiger partial charge in [-0.2, -0.15) is 74.6 Å². The number of nitrogens with one attached hydrogen (secondary N) is 1. The SMILES string of the molecule is CN(C)CCCNCC(O)CC(F)(F)C(F)(F)C(F)(F)C(F)(F)C(F)(F)C(F)(F)C(F)(F)C(F)(F)F. The van der Waals surface area contributed by atoms with Gasteiger partial charge in [-0.15, -0.1) is 0 Å². The van der Waals surface area contributed by atoms with Crippen LogP contribution in [0.3, 0.4) is 0 Å². The molecule has 0 amide bonds. The van der Waals surface area contributed by atoms with Crippen LogP contribution >= 0.6 is 0 Å². The summed E-state index contributed by atoms with van der Waals surface area (Å²) in [5, 5.41) is 11.5. The van der Waals surface area contributed by atoms with Crippen molar-refractivity contribution in [2.75, 3.05) is 33.7 Å². The van der Waals surface area contributed by atoms with Crippen molar-refractivity contribution in [3.63, 3.8) is 0 Å². The van der Waals surface area contributed by atoms with E-state index in [2.05, 4.69) is 5.32 Å². The van der Waals surface area contributed by atoms with Crippen LogP contribution in [0.25, 0.3) is 0 Å². The summed E-state index contributed by atoms with van der Waals surface area (Å²) >= 11 is 0. The molecule has 0 aliphatic carbocycles. The first-order valence-corrected chi connectivity index (χ1v) is 9.31. The van der Waals surface area contributed by atoms with E-state index in [1.54, 1.807) is 19.0 Å². The van der Waals surface area contributed by atoms with Crippen molar-refractivity contribution in [1.82, 2.24) is 10.2 Å². The third-order valence-corrected chi connectivity index (χ3v) is 4.62. The lowest BCUT2D eigenvalue weighted by Crippen LogP contribution is -2.74. The fourth-order valence-electron chi connectivity index (χ4n) is 2.48. The summed E-state index contributed by atoms with van der Waals surface area (Å²) < 4.78 is 224. The molecule has 0 fully saturated rings. The van der Waals surface area contributed by atoms with Gasteiger partial charge in [-0.1, -0.05) is 0 Å². The normalized spacial score (nSPS) is 16.6. The van der Waals surface area contributed by atoms with Gasteiger partial charge in [0.15, 0.2) is 0 Å². The molecule has 0 aromatic rings. The molecule has 36 heavy (non-hydrogen) atoms. The first kappa shape index (κ1) is 34.7. The zero-order valence-electron chi connectivity index (χ0n) is 17.9. The van der Waals surface area contributed by atoms with Gasteiger partial charge >= 0.3 is 47.6 Å². The summed E-state index contributed by atoms with van der Waals surface area (Å²) in [7, 11) is 3.19. The van der Waals surface area contributed by atoms with E-state index in [1.165, 1.54) is 0 Å². The van der Waals surface area contributed by atoms with Crippen LogP contribution in [0.2, 0.25) is 0 Å². The molecule has 0 aliphatic rings. The molecule has 0 spiro atoms. The fraction of sp³-hybridized carbons (Fsp3) is 1.00. The van der Waals surface area contributed by atoms with E-state index in [-0.39, 0.29) is 13.0 Å². The Kier molecular flexibility index (Phi) is 10.1. The van der Waals surface area contributed by atoms with Gasteiger partial charge in [-0.05, 0) is 33.6 Å². The fourth-order valence-corrected chi connectivity index (χ4v) is 2.48. The summed E-state index contributed by atoms with van der Waals surface area (Å²) in [6.45, 7) is -0.807. The first-order valence-electron chi connectivity index (χ1n) is 9.31. The van der Waals surface area contributed by atoms with Gasteiger partial charge in [0.25, 0.3) is 0 Å². The Morgan fingerprint density at radius 1 is 0.611 bits per heavy atom. The van der Waals surface area contributed by atoms with Gasteiger partial charge in [0.1, 0.15) is 0 Å². The monoisotopic (exact) mass is 578 g/mol. The Hall–Kier alpha value is -1.31. The molecule has 0 aliphatic heterocycles. The third-order valence-electron chi connectivity index (χ3n) is 4.62. The van der Waals surface area contributed by atoms with E-state index in [0.717, 1.165) is 0 Å². The van der Waals surface area contributed by atoms with Gasteiger partial charge in [-0.25, -0.2) is 0 Å². The van der Waals surface area contributed by atoms with Crippen LogP contribution < -0.4 is 5.32 Å². The van der Waals surface area contributed by atoms with Gasteiger partial charge in [-0.3, -0.25) is 0 Å². The van der Waals surface area contributed by atoms with Gasteiger partial charge in [0.2, 0.25) is 0 Å². The smallest absolute Gasteiger partial charge is 0.392 e. The van der Waals surface area contributed by atoms with E-state index in [0.29, 0.717) is 6.54 Å². The highest BCUT2D eigenvalue weighted by atomic mass is 19.4. The number of aliphatic hydroxyl groups excluding tert-OH is 1. The number of rotatable bonds is 14. The predicted molar refractivity (Wildman–Crippen MR) is 87.3 cm³/mol. The number of hydrogen-bond acceptors (Lipinski definition) is 3. The van der Waals surface area contributed by atoms with E-state index in [1.807, 2.05) is 0 Å². The molecule has 0 rings (SSSR count). The Bertz CT molecular complexity index is 720. The molecule has 1 atom stereocenters. The highest BCUT2D eigenvalue weighted by Gasteiger charge is 2.95. The molecule has 0 bridgehead atoms. The van der Waals surface area contributed by atoms with Crippen LogP contribution in [0.4, 0.5) is 74.6 Å². The van der Waals surface area contributed by atoms with Crippen LogP contribution in [-0.2, 0) is 0 Å². The molecule has 0 heterocycles. The average molecular weight is 578 g/mol. The van der Waals surface area contributed by atoms with Gasteiger partial charge < -0.3 is 15.3 Å². The van der Waals surface area contributed by atoms with Crippen LogP contribution in [-0.4, -0.2) is 97.5 Å². The van der Waals surface area contributed by atoms with Crippen molar-refractivity contribution in [3.8, 4) is 0 Å². The second kappa shape index (κ2) is 10.5. The van der Waals surface area contributed by atoms with E-state index < -0.39 is 66.7 Å². The van der Waals surface area contributed by atoms with Crippen molar-refractivity contribution in [2.24, 2.45) is 0 Å². The van der Waals surface area contributed by atoms with Gasteiger partial charge in [0.05, 0.1) is 6.10 Å². The molecular formula is C16H19F17N2O. The van der Waals surface area contributed by atoms with Crippen LogP contribution in [0.1, 0.15) is 12.8 Å². The minimum absolute atomic E-state index is 0.0971. The Labute approximate surface area is 191 Å². The van der Waals surface area contributed by atoms with Crippen molar-refractivity contribution in [3.05, 3.63) is 0 Å². The van der Waals surface area contributed by atoms with E-state index >= 15 is 0 Å². The van der Waals surface area contributed by atoms with Crippen LogP contribution in [0.15, 0.2) is 0 Å². The molecular weight excluding hydrogens is 559 g/mol. The molecule has 0 aromatic heterocycles. The lowest BCUT2D eigenvalue weighted by Gasteiger charge is -2.43. The maximum absolute atomic E-state index is 13.7. The van der Waals surface area contributed by atoms with Crippen LogP contribution in [0, 0.1) is 0 Å². The highest BCUT2D eigenvalue weighted by Crippen LogP contribution is 2.64. The summed E-state index contributed by atoms with van der Waals surface area (Å²) in [4.78, 5) is 1.61. The minimum Gasteiger partial charge on any atom is -0.392 e. The zero-order chi connectivity index (χ0) is 29.4. The summed E-state index contributed by atoms with van der Waals surface area (Å²) in [5.41, 5.74) is 0. The Balaban J connectivity index is 6.04. The number of hydrogen-bond donors (Lipinski definition) is 2. The molecule has 0 radical (unpaired) electrons. The van der Waals surface area contributed by atoms with E-state index in [9.17, 15) is 79.7 Å². The minimum atomic E-state index is -8.66. The predicted octanol–water partition coefficient (Wildman–Crippen LogP) is 5.29. The second-order valence-electron chi connectivity index (χ2n) is 7.87. The number of nitrogens with zero attached hydrogens (tertiary/aromatic N) is 1. The quantitative estimate of drug-likeness (QED) is 0.218. The topological polar surface area (TPSA) is 35.5 Å². The molecule has 3 nitrogen and oxygen atoms in total. The van der Waals surface area contributed by atoms with Crippen molar-refractivity contribution in [2.45, 2.75) is 66.6 Å². The average Bonchev–Trinajstić information content (AvgIpc) is 2.65. The maximum Gasteiger partial charge on any atom is 0.460 e. The molecule has 0 aromatic carbocycles. The highest BCUT2D eigenvalue weighted by molar-refractivity contribution is 5.15. The van der Waals surface area contributed by atoms with Crippen molar-refractivity contribution >= 4 is 0 Å². The summed E-state index contributed by atoms with van der Waals surface area (Å²) in [6, 6.07) is 0. The van der Waals surface area contributed by atoms with Crippen LogP contribution in [0.5, 0.6) is 0 Å². The Morgan fingerprint density at radius 3 is 1.33 bits per heavy atom. The lowest BCUT2D eigenvalue weighted by molar-refractivity contribution is -0.462. The molecule has 0 saturated heterocycles. The number of aliphatic hydroxyl groups is 1. The largest absolute Gasteiger partial charge is 0.460 e. The maximum atomic E-state index is 13.7. The third kappa shape index (κ3) is 5.88. The molecule has 0 saturated carbocycles. The zero-order valence-corrected chi connectivity index (χ0v) is 17.9.